The maximum Gasteiger partial charge on any atom is 0.330 e. The minimum atomic E-state index is -0.278. The summed E-state index contributed by atoms with van der Waals surface area (Å²) in [5, 5.41) is 0. The summed E-state index contributed by atoms with van der Waals surface area (Å²) in [6.07, 6.45) is 7.05. The van der Waals surface area contributed by atoms with Gasteiger partial charge in [-0.05, 0) is 43.4 Å². The summed E-state index contributed by atoms with van der Waals surface area (Å²) in [5.74, 6) is 0.526. The van der Waals surface area contributed by atoms with E-state index >= 15 is 0 Å². The van der Waals surface area contributed by atoms with Crippen molar-refractivity contribution in [1.29, 1.82) is 0 Å². The van der Waals surface area contributed by atoms with Gasteiger partial charge < -0.3 is 4.74 Å². The summed E-state index contributed by atoms with van der Waals surface area (Å²) in [7, 11) is 0. The quantitative estimate of drug-likeness (QED) is 0.539. The predicted octanol–water partition coefficient (Wildman–Crippen LogP) is 3.71. The minimum Gasteiger partial charge on any atom is -0.459 e. The molecule has 0 aliphatic heterocycles. The monoisotopic (exact) mass is 224 g/mol. The summed E-state index contributed by atoms with van der Waals surface area (Å²) in [6, 6.07) is 0. The Morgan fingerprint density at radius 3 is 2.31 bits per heavy atom. The first-order valence-corrected chi connectivity index (χ1v) is 6.24. The maximum absolute atomic E-state index is 11.1. The first-order chi connectivity index (χ1) is 7.40. The first-order valence-electron chi connectivity index (χ1n) is 6.24. The molecular formula is C14H24O2. The normalized spacial score (nSPS) is 26.2. The Hall–Kier alpha value is -0.790. The lowest BCUT2D eigenvalue weighted by molar-refractivity contribution is -0.144. The zero-order valence-corrected chi connectivity index (χ0v) is 10.8. The molecule has 92 valence electrons. The molecule has 0 aromatic rings. The van der Waals surface area contributed by atoms with Crippen LogP contribution < -0.4 is 0 Å². The Bertz CT molecular complexity index is 242. The molecule has 2 nitrogen and oxygen atoms in total. The highest BCUT2D eigenvalue weighted by Gasteiger charge is 2.26. The largest absolute Gasteiger partial charge is 0.459 e. The molecule has 0 saturated heterocycles. The second-order valence-corrected chi connectivity index (χ2v) is 6.05. The van der Waals surface area contributed by atoms with Crippen LogP contribution in [-0.4, -0.2) is 12.1 Å². The van der Waals surface area contributed by atoms with Crippen molar-refractivity contribution in [2.75, 3.05) is 0 Å². The number of carbonyl (C=O) groups is 1. The molecule has 1 rings (SSSR count). The van der Waals surface area contributed by atoms with Gasteiger partial charge in [0, 0.05) is 6.08 Å². The van der Waals surface area contributed by atoms with Crippen molar-refractivity contribution in [1.82, 2.24) is 0 Å². The third-order valence-electron chi connectivity index (χ3n) is 3.14. The first kappa shape index (κ1) is 13.3. The van der Waals surface area contributed by atoms with Crippen LogP contribution in [-0.2, 0) is 9.53 Å². The van der Waals surface area contributed by atoms with Crippen LogP contribution in [0.15, 0.2) is 12.7 Å². The Kier molecular flexibility index (Phi) is 4.57. The molecule has 0 radical (unpaired) electrons. The summed E-state index contributed by atoms with van der Waals surface area (Å²) in [6.45, 7) is 10.3. The number of hydrogen-bond acceptors (Lipinski definition) is 2. The Morgan fingerprint density at radius 1 is 1.31 bits per heavy atom. The fourth-order valence-electron chi connectivity index (χ4n) is 2.53. The van der Waals surface area contributed by atoms with E-state index < -0.39 is 0 Å². The topological polar surface area (TPSA) is 26.3 Å². The van der Waals surface area contributed by atoms with Gasteiger partial charge in [0.25, 0.3) is 0 Å². The molecule has 0 aromatic heterocycles. The average molecular weight is 224 g/mol. The van der Waals surface area contributed by atoms with Gasteiger partial charge in [-0.15, -0.1) is 0 Å². The van der Waals surface area contributed by atoms with Gasteiger partial charge in [0.2, 0.25) is 0 Å². The van der Waals surface area contributed by atoms with Crippen molar-refractivity contribution in [2.45, 2.75) is 59.0 Å². The van der Waals surface area contributed by atoms with Gasteiger partial charge in [-0.25, -0.2) is 4.79 Å². The van der Waals surface area contributed by atoms with Crippen molar-refractivity contribution in [3.05, 3.63) is 12.7 Å². The van der Waals surface area contributed by atoms with E-state index in [4.69, 9.17) is 4.74 Å². The molecule has 1 aliphatic carbocycles. The van der Waals surface area contributed by atoms with Crippen LogP contribution >= 0.6 is 0 Å². The van der Waals surface area contributed by atoms with Crippen molar-refractivity contribution in [2.24, 2.45) is 11.3 Å². The summed E-state index contributed by atoms with van der Waals surface area (Å²) < 4.78 is 5.26. The molecule has 0 unspecified atom stereocenters. The van der Waals surface area contributed by atoms with Crippen molar-refractivity contribution < 1.29 is 9.53 Å². The Balaban J connectivity index is 2.28. The lowest BCUT2D eigenvalue weighted by Gasteiger charge is -2.32. The molecule has 0 N–H and O–H groups in total. The van der Waals surface area contributed by atoms with E-state index in [-0.39, 0.29) is 12.1 Å². The fraction of sp³-hybridized carbons (Fsp3) is 0.786. The number of hydrogen-bond donors (Lipinski definition) is 0. The molecule has 0 atom stereocenters. The lowest BCUT2D eigenvalue weighted by atomic mass is 9.77. The molecule has 2 heteroatoms. The van der Waals surface area contributed by atoms with E-state index in [1.807, 2.05) is 0 Å². The van der Waals surface area contributed by atoms with Gasteiger partial charge in [-0.1, -0.05) is 27.4 Å². The average Bonchev–Trinajstić information content (AvgIpc) is 2.18. The number of carbonyl (C=O) groups excluding carboxylic acids is 1. The molecule has 1 fully saturated rings. The molecular weight excluding hydrogens is 200 g/mol. The van der Waals surface area contributed by atoms with Gasteiger partial charge in [0.1, 0.15) is 6.10 Å². The number of esters is 1. The molecule has 0 bridgehead atoms. The molecule has 0 heterocycles. The van der Waals surface area contributed by atoms with Crippen molar-refractivity contribution >= 4 is 5.97 Å². The van der Waals surface area contributed by atoms with Crippen LogP contribution in [0.2, 0.25) is 0 Å². The number of ether oxygens (including phenoxy) is 1. The van der Waals surface area contributed by atoms with Crippen LogP contribution in [0.5, 0.6) is 0 Å². The second kappa shape index (κ2) is 5.51. The minimum absolute atomic E-state index is 0.127. The van der Waals surface area contributed by atoms with Crippen LogP contribution in [0.1, 0.15) is 52.9 Å². The number of rotatable bonds is 3. The molecule has 16 heavy (non-hydrogen) atoms. The zero-order chi connectivity index (χ0) is 12.2. The molecule has 0 amide bonds. The maximum atomic E-state index is 11.1. The third kappa shape index (κ3) is 4.82. The highest BCUT2D eigenvalue weighted by atomic mass is 16.5. The van der Waals surface area contributed by atoms with Crippen LogP contribution in [0.25, 0.3) is 0 Å². The van der Waals surface area contributed by atoms with Gasteiger partial charge in [-0.3, -0.25) is 0 Å². The highest BCUT2D eigenvalue weighted by molar-refractivity contribution is 5.81. The van der Waals surface area contributed by atoms with E-state index in [2.05, 4.69) is 27.4 Å². The zero-order valence-electron chi connectivity index (χ0n) is 10.8. The highest BCUT2D eigenvalue weighted by Crippen LogP contribution is 2.34. The standard InChI is InChI=1S/C14H24O2/c1-5-13(15)16-12-8-6-11(7-9-12)10-14(2,3)4/h5,11-12H,1,6-10H2,2-4H3. The summed E-state index contributed by atoms with van der Waals surface area (Å²) >= 11 is 0. The Labute approximate surface area is 99.1 Å². The fourth-order valence-corrected chi connectivity index (χ4v) is 2.53. The van der Waals surface area contributed by atoms with E-state index in [0.29, 0.717) is 5.41 Å². The van der Waals surface area contributed by atoms with Gasteiger partial charge in [0.15, 0.2) is 0 Å². The SMILES string of the molecule is C=CC(=O)OC1CCC(CC(C)(C)C)CC1. The molecule has 1 saturated carbocycles. The lowest BCUT2D eigenvalue weighted by Crippen LogP contribution is -2.25. The van der Waals surface area contributed by atoms with Crippen molar-refractivity contribution in [3.63, 3.8) is 0 Å². The smallest absolute Gasteiger partial charge is 0.330 e. The third-order valence-corrected chi connectivity index (χ3v) is 3.14. The molecule has 0 aromatic carbocycles. The van der Waals surface area contributed by atoms with Gasteiger partial charge in [-0.2, -0.15) is 0 Å². The van der Waals surface area contributed by atoms with Crippen LogP contribution in [0, 0.1) is 11.3 Å². The van der Waals surface area contributed by atoms with Crippen LogP contribution in [0.3, 0.4) is 0 Å². The predicted molar refractivity (Wildman–Crippen MR) is 66.1 cm³/mol. The summed E-state index contributed by atoms with van der Waals surface area (Å²) in [5.41, 5.74) is 0.412. The molecule has 1 aliphatic rings. The van der Waals surface area contributed by atoms with E-state index in [0.717, 1.165) is 18.8 Å². The van der Waals surface area contributed by atoms with Crippen LogP contribution in [0.4, 0.5) is 0 Å². The summed E-state index contributed by atoms with van der Waals surface area (Å²) in [4.78, 5) is 11.1. The van der Waals surface area contributed by atoms with Gasteiger partial charge >= 0.3 is 5.97 Å². The Morgan fingerprint density at radius 2 is 1.88 bits per heavy atom. The van der Waals surface area contributed by atoms with E-state index in [1.165, 1.54) is 25.3 Å². The molecule has 0 spiro atoms. The van der Waals surface area contributed by atoms with E-state index in [9.17, 15) is 4.79 Å². The second-order valence-electron chi connectivity index (χ2n) is 6.05. The van der Waals surface area contributed by atoms with E-state index in [1.54, 1.807) is 0 Å². The van der Waals surface area contributed by atoms with Crippen molar-refractivity contribution in [3.8, 4) is 0 Å². The van der Waals surface area contributed by atoms with Gasteiger partial charge in [0.05, 0.1) is 0 Å².